The monoisotopic (exact) mass is 291 g/mol. The van der Waals surface area contributed by atoms with Gasteiger partial charge in [0, 0.05) is 6.20 Å². The first-order valence-corrected chi connectivity index (χ1v) is 5.85. The topological polar surface area (TPSA) is 48.4 Å². The Morgan fingerprint density at radius 3 is 2.35 bits per heavy atom. The minimum absolute atomic E-state index is 0.118. The molecule has 20 heavy (non-hydrogen) atoms. The standard InChI is InChI=1S/C13H16F3NO3/c1-12(2,3)20-10(18)6-8-5-9(13(14,15)16)11(19-4)17-7-8/h5,7H,6H2,1-4H3. The van der Waals surface area contributed by atoms with Gasteiger partial charge in [0.1, 0.15) is 11.2 Å². The lowest BCUT2D eigenvalue weighted by Gasteiger charge is -2.19. The molecule has 1 rings (SSSR count). The van der Waals surface area contributed by atoms with E-state index in [2.05, 4.69) is 9.72 Å². The molecule has 4 nitrogen and oxygen atoms in total. The molecule has 0 radical (unpaired) electrons. The van der Waals surface area contributed by atoms with E-state index in [0.29, 0.717) is 0 Å². The van der Waals surface area contributed by atoms with Crippen molar-refractivity contribution in [2.24, 2.45) is 0 Å². The third-order valence-corrected chi connectivity index (χ3v) is 2.18. The average molecular weight is 291 g/mol. The van der Waals surface area contributed by atoms with Crippen LogP contribution >= 0.6 is 0 Å². The molecule has 0 bridgehead atoms. The fourth-order valence-electron chi connectivity index (χ4n) is 1.50. The van der Waals surface area contributed by atoms with E-state index >= 15 is 0 Å². The van der Waals surface area contributed by atoms with Crippen LogP contribution in [0.3, 0.4) is 0 Å². The zero-order valence-electron chi connectivity index (χ0n) is 11.7. The smallest absolute Gasteiger partial charge is 0.421 e. The highest BCUT2D eigenvalue weighted by Crippen LogP contribution is 2.35. The van der Waals surface area contributed by atoms with Crippen LogP contribution in [-0.2, 0) is 22.1 Å². The molecule has 0 unspecified atom stereocenters. The maximum atomic E-state index is 12.8. The van der Waals surface area contributed by atoms with Crippen molar-refractivity contribution in [2.45, 2.75) is 39.0 Å². The Morgan fingerprint density at radius 2 is 1.90 bits per heavy atom. The average Bonchev–Trinajstić information content (AvgIpc) is 2.25. The Kier molecular flexibility index (Phi) is 4.62. The molecule has 0 amide bonds. The summed E-state index contributed by atoms with van der Waals surface area (Å²) in [6, 6.07) is 0.843. The number of esters is 1. The lowest BCUT2D eigenvalue weighted by atomic mass is 10.1. The van der Waals surface area contributed by atoms with Gasteiger partial charge in [-0.3, -0.25) is 4.79 Å². The predicted molar refractivity (Wildman–Crippen MR) is 65.3 cm³/mol. The number of alkyl halides is 3. The van der Waals surface area contributed by atoms with Crippen LogP contribution in [0.25, 0.3) is 0 Å². The van der Waals surface area contributed by atoms with Crippen LogP contribution in [0, 0.1) is 0 Å². The zero-order chi connectivity index (χ0) is 15.6. The van der Waals surface area contributed by atoms with Crippen molar-refractivity contribution in [1.29, 1.82) is 0 Å². The summed E-state index contributed by atoms with van der Waals surface area (Å²) in [5, 5.41) is 0. The minimum Gasteiger partial charge on any atom is -0.481 e. The Morgan fingerprint density at radius 1 is 1.30 bits per heavy atom. The van der Waals surface area contributed by atoms with Crippen molar-refractivity contribution in [3.05, 3.63) is 23.4 Å². The molecule has 0 aliphatic carbocycles. The molecular formula is C13H16F3NO3. The quantitative estimate of drug-likeness (QED) is 0.803. The highest BCUT2D eigenvalue weighted by Gasteiger charge is 2.35. The number of methoxy groups -OCH3 is 1. The third kappa shape index (κ3) is 4.71. The number of halogens is 3. The summed E-state index contributed by atoms with van der Waals surface area (Å²) in [4.78, 5) is 15.1. The summed E-state index contributed by atoms with van der Waals surface area (Å²) in [5.41, 5.74) is -1.59. The number of pyridine rings is 1. The van der Waals surface area contributed by atoms with Crippen molar-refractivity contribution < 1.29 is 27.4 Å². The van der Waals surface area contributed by atoms with Crippen molar-refractivity contribution in [2.75, 3.05) is 7.11 Å². The summed E-state index contributed by atoms with van der Waals surface area (Å²) < 4.78 is 48.0. The van der Waals surface area contributed by atoms with Gasteiger partial charge in [0.2, 0.25) is 5.88 Å². The number of hydrogen-bond donors (Lipinski definition) is 0. The molecule has 0 aliphatic heterocycles. The molecule has 0 saturated heterocycles. The number of hydrogen-bond acceptors (Lipinski definition) is 4. The van der Waals surface area contributed by atoms with Gasteiger partial charge in [-0.2, -0.15) is 13.2 Å². The first-order valence-electron chi connectivity index (χ1n) is 5.85. The second kappa shape index (κ2) is 5.68. The van der Waals surface area contributed by atoms with Gasteiger partial charge in [-0.25, -0.2) is 4.98 Å². The van der Waals surface area contributed by atoms with Crippen LogP contribution in [0.2, 0.25) is 0 Å². The molecule has 1 heterocycles. The lowest BCUT2D eigenvalue weighted by molar-refractivity contribution is -0.154. The van der Waals surface area contributed by atoms with Crippen LogP contribution in [0.1, 0.15) is 31.9 Å². The fraction of sp³-hybridized carbons (Fsp3) is 0.538. The van der Waals surface area contributed by atoms with Crippen molar-refractivity contribution in [1.82, 2.24) is 4.98 Å². The molecule has 0 fully saturated rings. The fourth-order valence-corrected chi connectivity index (χ4v) is 1.50. The number of ether oxygens (including phenoxy) is 2. The van der Waals surface area contributed by atoms with Crippen molar-refractivity contribution in [3.8, 4) is 5.88 Å². The molecule has 0 aliphatic rings. The summed E-state index contributed by atoms with van der Waals surface area (Å²) >= 11 is 0. The molecule has 0 N–H and O–H groups in total. The SMILES string of the molecule is COc1ncc(CC(=O)OC(C)(C)C)cc1C(F)(F)F. The molecule has 0 aromatic carbocycles. The Labute approximate surface area is 114 Å². The van der Waals surface area contributed by atoms with Crippen LogP contribution in [0.5, 0.6) is 5.88 Å². The van der Waals surface area contributed by atoms with Crippen molar-refractivity contribution >= 4 is 5.97 Å². The second-order valence-corrected chi connectivity index (χ2v) is 5.16. The third-order valence-electron chi connectivity index (χ3n) is 2.18. The van der Waals surface area contributed by atoms with Crippen molar-refractivity contribution in [3.63, 3.8) is 0 Å². The summed E-state index contributed by atoms with van der Waals surface area (Å²) in [5.74, 6) is -1.14. The number of rotatable bonds is 3. The molecule has 0 atom stereocenters. The van der Waals surface area contributed by atoms with Gasteiger partial charge in [-0.15, -0.1) is 0 Å². The first kappa shape index (κ1) is 16.3. The predicted octanol–water partition coefficient (Wildman–Crippen LogP) is 2.99. The van der Waals surface area contributed by atoms with E-state index in [1.165, 1.54) is 0 Å². The maximum absolute atomic E-state index is 12.8. The molecule has 0 spiro atoms. The number of carbonyl (C=O) groups excluding carboxylic acids is 1. The Bertz CT molecular complexity index is 493. The molecule has 0 saturated carbocycles. The van der Waals surface area contributed by atoms with E-state index < -0.39 is 29.2 Å². The minimum atomic E-state index is -4.59. The second-order valence-electron chi connectivity index (χ2n) is 5.16. The highest BCUT2D eigenvalue weighted by molar-refractivity contribution is 5.73. The van der Waals surface area contributed by atoms with Gasteiger partial charge in [0.25, 0.3) is 0 Å². The van der Waals surface area contributed by atoms with Crippen LogP contribution < -0.4 is 4.74 Å². The zero-order valence-corrected chi connectivity index (χ0v) is 11.7. The van der Waals surface area contributed by atoms with Gasteiger partial charge in [0.15, 0.2) is 0 Å². The van der Waals surface area contributed by atoms with E-state index in [1.54, 1.807) is 20.8 Å². The van der Waals surface area contributed by atoms with Crippen LogP contribution in [-0.4, -0.2) is 23.7 Å². The van der Waals surface area contributed by atoms with E-state index in [1.807, 2.05) is 0 Å². The first-order chi connectivity index (χ1) is 9.03. The maximum Gasteiger partial charge on any atom is 0.421 e. The van der Waals surface area contributed by atoms with Gasteiger partial charge in [-0.1, -0.05) is 0 Å². The molecule has 112 valence electrons. The van der Waals surface area contributed by atoms with E-state index in [9.17, 15) is 18.0 Å². The Balaban J connectivity index is 2.96. The number of aromatic nitrogens is 1. The van der Waals surface area contributed by atoms with Crippen LogP contribution in [0.4, 0.5) is 13.2 Å². The van der Waals surface area contributed by atoms with Gasteiger partial charge in [0.05, 0.1) is 13.5 Å². The molecule has 1 aromatic heterocycles. The van der Waals surface area contributed by atoms with E-state index in [-0.39, 0.29) is 12.0 Å². The van der Waals surface area contributed by atoms with Gasteiger partial charge >= 0.3 is 12.1 Å². The normalized spacial score (nSPS) is 12.2. The summed E-state index contributed by atoms with van der Waals surface area (Å²) in [6.07, 6.45) is -3.71. The largest absolute Gasteiger partial charge is 0.481 e. The number of carbonyl (C=O) groups is 1. The summed E-state index contributed by atoms with van der Waals surface area (Å²) in [7, 11) is 1.10. The molecular weight excluding hydrogens is 275 g/mol. The highest BCUT2D eigenvalue weighted by atomic mass is 19.4. The molecule has 1 aromatic rings. The Hall–Kier alpha value is -1.79. The summed E-state index contributed by atoms with van der Waals surface area (Å²) in [6.45, 7) is 5.04. The van der Waals surface area contributed by atoms with Gasteiger partial charge in [-0.05, 0) is 32.4 Å². The van der Waals surface area contributed by atoms with Gasteiger partial charge < -0.3 is 9.47 Å². The van der Waals surface area contributed by atoms with E-state index in [4.69, 9.17) is 4.74 Å². The lowest BCUT2D eigenvalue weighted by Crippen LogP contribution is -2.25. The van der Waals surface area contributed by atoms with E-state index in [0.717, 1.165) is 19.4 Å². The van der Waals surface area contributed by atoms with Crippen LogP contribution in [0.15, 0.2) is 12.3 Å². The molecule has 7 heteroatoms. The number of nitrogens with zero attached hydrogens (tertiary/aromatic N) is 1.